The molecule has 0 unspecified atom stereocenters. The van der Waals surface area contributed by atoms with Gasteiger partial charge in [0.1, 0.15) is 11.6 Å². The molecule has 160 valence electrons. The Morgan fingerprint density at radius 2 is 1.88 bits per heavy atom. The van der Waals surface area contributed by atoms with E-state index in [0.29, 0.717) is 33.5 Å². The number of rotatable bonds is 5. The number of halogens is 1. The second-order valence-electron chi connectivity index (χ2n) is 7.15. The van der Waals surface area contributed by atoms with Crippen molar-refractivity contribution in [3.63, 3.8) is 0 Å². The second kappa shape index (κ2) is 8.44. The van der Waals surface area contributed by atoms with Gasteiger partial charge in [-0.3, -0.25) is 0 Å². The first-order valence-corrected chi connectivity index (χ1v) is 9.77. The van der Waals surface area contributed by atoms with Crippen molar-refractivity contribution in [1.82, 2.24) is 9.97 Å². The minimum absolute atomic E-state index is 0.162. The highest BCUT2D eigenvalue weighted by Crippen LogP contribution is 2.45. The van der Waals surface area contributed by atoms with Gasteiger partial charge < -0.3 is 20.5 Å². The molecule has 0 saturated heterocycles. The number of nitrogen functional groups attached to an aromatic ring is 1. The number of nitrogens with two attached hydrogens (primary N) is 1. The van der Waals surface area contributed by atoms with E-state index in [1.807, 2.05) is 31.2 Å². The Hall–Kier alpha value is -4.31. The van der Waals surface area contributed by atoms with E-state index in [4.69, 9.17) is 21.6 Å². The van der Waals surface area contributed by atoms with Crippen LogP contribution in [0, 0.1) is 25.1 Å². The minimum atomic E-state index is -0.419. The number of hydrogen-bond donors (Lipinski definition) is 2. The van der Waals surface area contributed by atoms with E-state index < -0.39 is 5.82 Å². The van der Waals surface area contributed by atoms with Gasteiger partial charge in [0.2, 0.25) is 5.95 Å². The number of aryl methyl sites for hydroxylation is 1. The van der Waals surface area contributed by atoms with Gasteiger partial charge in [0.05, 0.1) is 30.8 Å². The Morgan fingerprint density at radius 3 is 2.59 bits per heavy atom. The van der Waals surface area contributed by atoms with E-state index in [2.05, 4.69) is 21.2 Å². The maximum atomic E-state index is 14.2. The van der Waals surface area contributed by atoms with Crippen LogP contribution in [-0.4, -0.2) is 24.2 Å². The number of anilines is 3. The molecule has 1 heterocycles. The molecule has 0 aliphatic carbocycles. The molecule has 0 aliphatic rings. The van der Waals surface area contributed by atoms with Crippen LogP contribution in [0.2, 0.25) is 0 Å². The van der Waals surface area contributed by atoms with Crippen molar-refractivity contribution < 1.29 is 13.9 Å². The molecule has 0 fully saturated rings. The molecule has 0 spiro atoms. The van der Waals surface area contributed by atoms with Crippen LogP contribution in [0.5, 0.6) is 11.5 Å². The van der Waals surface area contributed by atoms with Gasteiger partial charge in [-0.05, 0) is 42.3 Å². The fourth-order valence-electron chi connectivity index (χ4n) is 3.59. The first-order chi connectivity index (χ1) is 15.4. The lowest BCUT2D eigenvalue weighted by Gasteiger charge is -2.18. The largest absolute Gasteiger partial charge is 0.493 e. The summed E-state index contributed by atoms with van der Waals surface area (Å²) in [5.41, 5.74) is 10.2. The summed E-state index contributed by atoms with van der Waals surface area (Å²) in [7, 11) is 3.09. The molecule has 1 aromatic heterocycles. The number of ether oxygens (including phenoxy) is 2. The van der Waals surface area contributed by atoms with Crippen LogP contribution in [0.25, 0.3) is 22.0 Å². The number of methoxy groups -OCH3 is 2. The minimum Gasteiger partial charge on any atom is -0.493 e. The normalized spacial score (nSPS) is 10.6. The van der Waals surface area contributed by atoms with E-state index in [1.165, 1.54) is 13.2 Å². The molecule has 4 rings (SSSR count). The molecule has 0 amide bonds. The lowest BCUT2D eigenvalue weighted by molar-refractivity contribution is 0.357. The van der Waals surface area contributed by atoms with Gasteiger partial charge >= 0.3 is 0 Å². The molecule has 7 heteroatoms. The van der Waals surface area contributed by atoms with Crippen molar-refractivity contribution in [2.75, 3.05) is 25.3 Å². The number of terminal acetylenes is 1. The average Bonchev–Trinajstić information content (AvgIpc) is 2.80. The smallest absolute Gasteiger partial charge is 0.229 e. The molecular formula is C25H21FN4O2. The summed E-state index contributed by atoms with van der Waals surface area (Å²) < 4.78 is 25.5. The summed E-state index contributed by atoms with van der Waals surface area (Å²) >= 11 is 0. The summed E-state index contributed by atoms with van der Waals surface area (Å²) in [6, 6.07) is 13.9. The zero-order valence-corrected chi connectivity index (χ0v) is 17.9. The lowest BCUT2D eigenvalue weighted by atomic mass is 9.97. The Kier molecular flexibility index (Phi) is 5.52. The van der Waals surface area contributed by atoms with Crippen molar-refractivity contribution in [3.05, 3.63) is 65.5 Å². The zero-order valence-electron chi connectivity index (χ0n) is 17.9. The van der Waals surface area contributed by atoms with E-state index in [9.17, 15) is 4.39 Å². The maximum Gasteiger partial charge on any atom is 0.229 e. The Labute approximate surface area is 185 Å². The van der Waals surface area contributed by atoms with Crippen LogP contribution in [0.3, 0.4) is 0 Å². The standard InChI is InChI=1S/C25H21FN4O2/c1-5-15-7-6-8-16(12-15)21-22-19(13-20(31-3)23(21)32-4)29-25(30-24(22)27)28-18-11-14(2)9-10-17(18)26/h1,6-13H,2-4H3,(H3,27,28,29,30). The highest BCUT2D eigenvalue weighted by Gasteiger charge is 2.21. The third kappa shape index (κ3) is 3.74. The molecule has 4 aromatic rings. The van der Waals surface area contributed by atoms with Crippen LogP contribution < -0.4 is 20.5 Å². The van der Waals surface area contributed by atoms with Gasteiger partial charge in [0.25, 0.3) is 0 Å². The first kappa shape index (κ1) is 20.9. The monoisotopic (exact) mass is 428 g/mol. The summed E-state index contributed by atoms with van der Waals surface area (Å²) in [6.07, 6.45) is 5.59. The molecule has 0 bridgehead atoms. The highest BCUT2D eigenvalue weighted by atomic mass is 19.1. The van der Waals surface area contributed by atoms with Crippen LogP contribution >= 0.6 is 0 Å². The van der Waals surface area contributed by atoms with Gasteiger partial charge in [-0.25, -0.2) is 9.37 Å². The van der Waals surface area contributed by atoms with E-state index >= 15 is 0 Å². The number of nitrogens with zero attached hydrogens (tertiary/aromatic N) is 2. The number of benzene rings is 3. The predicted octanol–water partition coefficient (Wildman–Crippen LogP) is 5.07. The molecule has 0 aliphatic heterocycles. The van der Waals surface area contributed by atoms with Crippen molar-refractivity contribution in [3.8, 4) is 35.0 Å². The fourth-order valence-corrected chi connectivity index (χ4v) is 3.59. The van der Waals surface area contributed by atoms with Crippen molar-refractivity contribution in [1.29, 1.82) is 0 Å². The Balaban J connectivity index is 1.97. The number of aromatic nitrogens is 2. The van der Waals surface area contributed by atoms with Gasteiger partial charge in [0, 0.05) is 17.2 Å². The van der Waals surface area contributed by atoms with Crippen molar-refractivity contribution in [2.45, 2.75) is 6.92 Å². The Morgan fingerprint density at radius 1 is 1.06 bits per heavy atom. The predicted molar refractivity (Wildman–Crippen MR) is 125 cm³/mol. The molecule has 3 N–H and O–H groups in total. The molecule has 3 aromatic carbocycles. The molecule has 0 atom stereocenters. The van der Waals surface area contributed by atoms with Gasteiger partial charge in [-0.2, -0.15) is 4.98 Å². The molecule has 6 nitrogen and oxygen atoms in total. The number of nitrogens with one attached hydrogen (secondary N) is 1. The SMILES string of the molecule is C#Cc1cccc(-c2c(OC)c(OC)cc3nc(Nc4cc(C)ccc4F)nc(N)c23)c1. The van der Waals surface area contributed by atoms with E-state index in [-0.39, 0.29) is 17.5 Å². The van der Waals surface area contributed by atoms with Gasteiger partial charge in [-0.1, -0.05) is 24.1 Å². The van der Waals surface area contributed by atoms with E-state index in [0.717, 1.165) is 11.1 Å². The number of hydrogen-bond acceptors (Lipinski definition) is 6. The number of fused-ring (bicyclic) bond motifs is 1. The lowest BCUT2D eigenvalue weighted by Crippen LogP contribution is -2.05. The van der Waals surface area contributed by atoms with E-state index in [1.54, 1.807) is 25.3 Å². The summed E-state index contributed by atoms with van der Waals surface area (Å²) in [4.78, 5) is 8.95. The topological polar surface area (TPSA) is 82.3 Å². The summed E-state index contributed by atoms with van der Waals surface area (Å²) in [5, 5.41) is 3.49. The van der Waals surface area contributed by atoms with Crippen LogP contribution in [0.4, 0.5) is 21.8 Å². The summed E-state index contributed by atoms with van der Waals surface area (Å²) in [5.74, 6) is 3.52. The van der Waals surface area contributed by atoms with Crippen LogP contribution in [-0.2, 0) is 0 Å². The quantitative estimate of drug-likeness (QED) is 0.432. The van der Waals surface area contributed by atoms with Crippen LogP contribution in [0.15, 0.2) is 48.5 Å². The van der Waals surface area contributed by atoms with Crippen molar-refractivity contribution >= 4 is 28.4 Å². The first-order valence-electron chi connectivity index (χ1n) is 9.77. The van der Waals surface area contributed by atoms with Gasteiger partial charge in [-0.15, -0.1) is 6.42 Å². The van der Waals surface area contributed by atoms with Gasteiger partial charge in [0.15, 0.2) is 11.5 Å². The maximum absolute atomic E-state index is 14.2. The van der Waals surface area contributed by atoms with Crippen LogP contribution in [0.1, 0.15) is 11.1 Å². The molecular weight excluding hydrogens is 407 g/mol. The molecule has 0 radical (unpaired) electrons. The molecule has 32 heavy (non-hydrogen) atoms. The average molecular weight is 428 g/mol. The third-order valence-electron chi connectivity index (χ3n) is 5.04. The molecule has 0 saturated carbocycles. The van der Waals surface area contributed by atoms with Crippen molar-refractivity contribution in [2.24, 2.45) is 0 Å². The zero-order chi connectivity index (χ0) is 22.8. The summed E-state index contributed by atoms with van der Waals surface area (Å²) in [6.45, 7) is 1.87. The Bertz CT molecular complexity index is 1380. The highest BCUT2D eigenvalue weighted by molar-refractivity contribution is 6.06. The fraction of sp³-hybridized carbons (Fsp3) is 0.120. The second-order valence-corrected chi connectivity index (χ2v) is 7.15. The third-order valence-corrected chi connectivity index (χ3v) is 5.04.